The molecule has 0 radical (unpaired) electrons. The van der Waals surface area contributed by atoms with E-state index in [1.807, 2.05) is 0 Å². The first-order chi connectivity index (χ1) is 13.9. The molecule has 7 heteroatoms. The zero-order chi connectivity index (χ0) is 20.8. The topological polar surface area (TPSA) is 97.6 Å². The third kappa shape index (κ3) is 5.54. The molecule has 154 valence electrons. The number of ether oxygens (including phenoxy) is 1. The molecular formula is C22H26N2O5. The number of carbonyl (C=O) groups is 3. The van der Waals surface area contributed by atoms with Crippen molar-refractivity contribution in [3.63, 3.8) is 0 Å². The van der Waals surface area contributed by atoms with E-state index in [-0.39, 0.29) is 30.1 Å². The Balaban J connectivity index is 1.56. The maximum atomic E-state index is 12.5. The van der Waals surface area contributed by atoms with E-state index in [1.54, 1.807) is 37.3 Å². The first-order valence-corrected chi connectivity index (χ1v) is 9.83. The molecule has 2 heterocycles. The fourth-order valence-corrected chi connectivity index (χ4v) is 3.36. The molecular weight excluding hydrogens is 372 g/mol. The van der Waals surface area contributed by atoms with Gasteiger partial charge in [-0.15, -0.1) is 0 Å². The van der Waals surface area contributed by atoms with Gasteiger partial charge in [0.25, 0.3) is 5.91 Å². The highest BCUT2D eigenvalue weighted by molar-refractivity contribution is 6.03. The number of ketones is 1. The summed E-state index contributed by atoms with van der Waals surface area (Å²) in [7, 11) is 0. The number of Topliss-reactive ketones (excluding diaryl/α,β-unsaturated/α-hetero) is 1. The summed E-state index contributed by atoms with van der Waals surface area (Å²) in [4.78, 5) is 36.4. The Labute approximate surface area is 169 Å². The van der Waals surface area contributed by atoms with Crippen LogP contribution in [0, 0.1) is 6.92 Å². The highest BCUT2D eigenvalue weighted by Gasteiger charge is 2.19. The molecule has 1 aromatic heterocycles. The molecule has 7 nitrogen and oxygen atoms in total. The first-order valence-electron chi connectivity index (χ1n) is 9.83. The van der Waals surface area contributed by atoms with Crippen LogP contribution in [0.15, 0.2) is 34.7 Å². The van der Waals surface area contributed by atoms with Gasteiger partial charge in [-0.1, -0.05) is 12.1 Å². The van der Waals surface area contributed by atoms with E-state index in [4.69, 9.17) is 9.15 Å². The van der Waals surface area contributed by atoms with Crippen LogP contribution in [0.25, 0.3) is 0 Å². The van der Waals surface area contributed by atoms with Crippen molar-refractivity contribution in [3.05, 3.63) is 53.0 Å². The molecule has 2 N–H and O–H groups in total. The SMILES string of the molecule is CC(=O)c1cc(CCC(=O)Nc2ccccc2C(=O)NC[C@H]2CCCO2)oc1C. The zero-order valence-electron chi connectivity index (χ0n) is 16.7. The number of aryl methyl sites for hydroxylation is 2. The minimum Gasteiger partial charge on any atom is -0.466 e. The maximum Gasteiger partial charge on any atom is 0.253 e. The number of carbonyl (C=O) groups excluding carboxylic acids is 3. The van der Waals surface area contributed by atoms with Gasteiger partial charge in [0.1, 0.15) is 11.5 Å². The number of benzene rings is 1. The normalized spacial score (nSPS) is 15.9. The van der Waals surface area contributed by atoms with Crippen LogP contribution in [-0.4, -0.2) is 36.9 Å². The second-order valence-corrected chi connectivity index (χ2v) is 7.18. The number of anilines is 1. The first kappa shape index (κ1) is 20.8. The van der Waals surface area contributed by atoms with Gasteiger partial charge in [0, 0.05) is 26.0 Å². The van der Waals surface area contributed by atoms with Gasteiger partial charge in [0.2, 0.25) is 5.91 Å². The summed E-state index contributed by atoms with van der Waals surface area (Å²) in [6.45, 7) is 4.40. The maximum absolute atomic E-state index is 12.5. The number of amides is 2. The summed E-state index contributed by atoms with van der Waals surface area (Å²) in [5.74, 6) is 0.600. The number of para-hydroxylation sites is 1. The summed E-state index contributed by atoms with van der Waals surface area (Å²) < 4.78 is 11.1. The van der Waals surface area contributed by atoms with Gasteiger partial charge in [0.05, 0.1) is 22.9 Å². The summed E-state index contributed by atoms with van der Waals surface area (Å²) in [5.41, 5.74) is 1.41. The van der Waals surface area contributed by atoms with Gasteiger partial charge >= 0.3 is 0 Å². The summed E-state index contributed by atoms with van der Waals surface area (Å²) in [6.07, 6.45) is 2.55. The van der Waals surface area contributed by atoms with Crippen LogP contribution in [0.1, 0.15) is 58.4 Å². The minimum atomic E-state index is -0.246. The second-order valence-electron chi connectivity index (χ2n) is 7.18. The summed E-state index contributed by atoms with van der Waals surface area (Å²) in [6, 6.07) is 8.57. The van der Waals surface area contributed by atoms with Crippen molar-refractivity contribution in [2.24, 2.45) is 0 Å². The Morgan fingerprint density at radius 1 is 1.17 bits per heavy atom. The van der Waals surface area contributed by atoms with Crippen molar-refractivity contribution in [2.75, 3.05) is 18.5 Å². The Kier molecular flexibility index (Phi) is 6.82. The Bertz CT molecular complexity index is 896. The molecule has 3 rings (SSSR count). The zero-order valence-corrected chi connectivity index (χ0v) is 16.7. The smallest absolute Gasteiger partial charge is 0.253 e. The molecule has 0 spiro atoms. The number of nitrogens with one attached hydrogen (secondary N) is 2. The lowest BCUT2D eigenvalue weighted by atomic mass is 10.1. The van der Waals surface area contributed by atoms with E-state index < -0.39 is 0 Å². The monoisotopic (exact) mass is 398 g/mol. The van der Waals surface area contributed by atoms with Crippen LogP contribution in [0.5, 0.6) is 0 Å². The van der Waals surface area contributed by atoms with Crippen molar-refractivity contribution < 1.29 is 23.5 Å². The Morgan fingerprint density at radius 3 is 2.66 bits per heavy atom. The van der Waals surface area contributed by atoms with E-state index in [9.17, 15) is 14.4 Å². The lowest BCUT2D eigenvalue weighted by Gasteiger charge is -2.13. The minimum absolute atomic E-state index is 0.0531. The molecule has 1 fully saturated rings. The number of furan rings is 1. The summed E-state index contributed by atoms with van der Waals surface area (Å²) in [5, 5.41) is 5.66. The third-order valence-electron chi connectivity index (χ3n) is 4.91. The largest absolute Gasteiger partial charge is 0.466 e. The van der Waals surface area contributed by atoms with Crippen molar-refractivity contribution in [3.8, 4) is 0 Å². The fraction of sp³-hybridized carbons (Fsp3) is 0.409. The molecule has 2 amide bonds. The average Bonchev–Trinajstić information content (AvgIpc) is 3.34. The van der Waals surface area contributed by atoms with Gasteiger partial charge < -0.3 is 19.8 Å². The molecule has 1 aliphatic heterocycles. The predicted octanol–water partition coefficient (Wildman–Crippen LogP) is 3.27. The number of hydrogen-bond acceptors (Lipinski definition) is 5. The second kappa shape index (κ2) is 9.52. The van der Waals surface area contributed by atoms with Crippen molar-refractivity contribution >= 4 is 23.3 Å². The van der Waals surface area contributed by atoms with Crippen LogP contribution in [0.3, 0.4) is 0 Å². The Morgan fingerprint density at radius 2 is 1.97 bits per heavy atom. The van der Waals surface area contributed by atoms with Gasteiger partial charge in [-0.25, -0.2) is 0 Å². The van der Waals surface area contributed by atoms with Gasteiger partial charge in [-0.2, -0.15) is 0 Å². The molecule has 1 aromatic carbocycles. The predicted molar refractivity (Wildman–Crippen MR) is 108 cm³/mol. The molecule has 1 aliphatic rings. The van der Waals surface area contributed by atoms with Crippen LogP contribution < -0.4 is 10.6 Å². The van der Waals surface area contributed by atoms with Gasteiger partial charge in [0.15, 0.2) is 5.78 Å². The standard InChI is InChI=1S/C22H26N2O5/c1-14(25)19-12-16(29-15(19)2)9-10-21(26)24-20-8-4-3-7-18(20)22(27)23-13-17-6-5-11-28-17/h3-4,7-8,12,17H,5-6,9-11,13H2,1-2H3,(H,23,27)(H,24,26)/t17-/m1/s1. The van der Waals surface area contributed by atoms with Gasteiger partial charge in [-0.05, 0) is 44.9 Å². The quantitative estimate of drug-likeness (QED) is 0.665. The van der Waals surface area contributed by atoms with Crippen LogP contribution in [0.4, 0.5) is 5.69 Å². The number of hydrogen-bond donors (Lipinski definition) is 2. The molecule has 29 heavy (non-hydrogen) atoms. The highest BCUT2D eigenvalue weighted by atomic mass is 16.5. The van der Waals surface area contributed by atoms with E-state index in [2.05, 4.69) is 10.6 Å². The molecule has 2 aromatic rings. The van der Waals surface area contributed by atoms with E-state index in [0.29, 0.717) is 41.3 Å². The molecule has 1 atom stereocenters. The molecule has 1 saturated heterocycles. The lowest BCUT2D eigenvalue weighted by molar-refractivity contribution is -0.116. The fourth-order valence-electron chi connectivity index (χ4n) is 3.36. The number of rotatable bonds is 8. The van der Waals surface area contributed by atoms with E-state index in [1.165, 1.54) is 6.92 Å². The molecule has 0 bridgehead atoms. The van der Waals surface area contributed by atoms with E-state index >= 15 is 0 Å². The lowest BCUT2D eigenvalue weighted by Crippen LogP contribution is -2.32. The summed E-state index contributed by atoms with van der Waals surface area (Å²) >= 11 is 0. The van der Waals surface area contributed by atoms with Gasteiger partial charge in [-0.3, -0.25) is 14.4 Å². The molecule has 0 aliphatic carbocycles. The van der Waals surface area contributed by atoms with Crippen LogP contribution >= 0.6 is 0 Å². The molecule has 0 unspecified atom stereocenters. The Hall–Kier alpha value is -2.93. The third-order valence-corrected chi connectivity index (χ3v) is 4.91. The van der Waals surface area contributed by atoms with Crippen molar-refractivity contribution in [1.29, 1.82) is 0 Å². The average molecular weight is 398 g/mol. The van der Waals surface area contributed by atoms with E-state index in [0.717, 1.165) is 19.4 Å². The van der Waals surface area contributed by atoms with Crippen LogP contribution in [0.2, 0.25) is 0 Å². The highest BCUT2D eigenvalue weighted by Crippen LogP contribution is 2.19. The molecule has 0 saturated carbocycles. The van der Waals surface area contributed by atoms with Crippen molar-refractivity contribution in [1.82, 2.24) is 5.32 Å². The van der Waals surface area contributed by atoms with Crippen LogP contribution in [-0.2, 0) is 16.0 Å². The van der Waals surface area contributed by atoms with Crippen molar-refractivity contribution in [2.45, 2.75) is 45.6 Å².